The van der Waals surface area contributed by atoms with Crippen LogP contribution in [0.3, 0.4) is 0 Å². The Bertz CT molecular complexity index is 554. The minimum atomic E-state index is -3.52. The molecule has 0 unspecified atom stereocenters. The molecule has 112 valence electrons. The first kappa shape index (κ1) is 16.7. The number of esters is 1. The van der Waals surface area contributed by atoms with E-state index in [1.165, 1.54) is 7.05 Å². The average Bonchev–Trinajstić information content (AvgIpc) is 2.38. The van der Waals surface area contributed by atoms with Crippen molar-refractivity contribution < 1.29 is 17.9 Å². The van der Waals surface area contributed by atoms with Crippen molar-refractivity contribution in [2.75, 3.05) is 20.2 Å². The number of likely N-dealkylation sites (N-methyl/N-ethyl adjacent to an activating group) is 1. The predicted molar refractivity (Wildman–Crippen MR) is 77.7 cm³/mol. The van der Waals surface area contributed by atoms with E-state index in [1.54, 1.807) is 13.0 Å². The molecule has 1 rings (SSSR count). The van der Waals surface area contributed by atoms with Crippen molar-refractivity contribution in [2.24, 2.45) is 0 Å². The van der Waals surface area contributed by atoms with Crippen LogP contribution < -0.4 is 0 Å². The van der Waals surface area contributed by atoms with Crippen LogP contribution >= 0.6 is 0 Å². The van der Waals surface area contributed by atoms with E-state index in [0.29, 0.717) is 0 Å². The molecule has 1 aromatic rings. The Kier molecular flexibility index (Phi) is 6.16. The van der Waals surface area contributed by atoms with Crippen molar-refractivity contribution in [1.82, 2.24) is 4.31 Å². The highest BCUT2D eigenvalue weighted by atomic mass is 32.2. The fourth-order valence-corrected chi connectivity index (χ4v) is 2.87. The summed E-state index contributed by atoms with van der Waals surface area (Å²) < 4.78 is 30.1. The molecule has 1 aromatic carbocycles. The standard InChI is InChI=1S/C14H21NO4S/c1-4-12-7-6-8-13(9-12)11-20(17,18)15(3)10-14(16)19-5-2/h6-9H,4-5,10-11H2,1-3H3. The van der Waals surface area contributed by atoms with Gasteiger partial charge in [0.1, 0.15) is 6.54 Å². The van der Waals surface area contributed by atoms with Crippen LogP contribution in [0.4, 0.5) is 0 Å². The van der Waals surface area contributed by atoms with Crippen molar-refractivity contribution in [3.05, 3.63) is 35.4 Å². The Morgan fingerprint density at radius 3 is 2.50 bits per heavy atom. The summed E-state index contributed by atoms with van der Waals surface area (Å²) in [7, 11) is -2.13. The number of hydrogen-bond donors (Lipinski definition) is 0. The largest absolute Gasteiger partial charge is 0.465 e. The number of benzene rings is 1. The average molecular weight is 299 g/mol. The molecule has 0 saturated carbocycles. The molecule has 0 fully saturated rings. The molecule has 0 N–H and O–H groups in total. The zero-order valence-corrected chi connectivity index (χ0v) is 12.9. The van der Waals surface area contributed by atoms with E-state index < -0.39 is 16.0 Å². The summed E-state index contributed by atoms with van der Waals surface area (Å²) in [6.07, 6.45) is 0.854. The first-order chi connectivity index (χ1) is 9.39. The lowest BCUT2D eigenvalue weighted by Gasteiger charge is -2.16. The number of carbonyl (C=O) groups is 1. The Hall–Kier alpha value is -1.40. The molecule has 0 aliphatic carbocycles. The van der Waals surface area contributed by atoms with Crippen LogP contribution in [0.2, 0.25) is 0 Å². The third kappa shape index (κ3) is 4.94. The number of ether oxygens (including phenoxy) is 1. The molecule has 6 heteroatoms. The van der Waals surface area contributed by atoms with Crippen molar-refractivity contribution >= 4 is 16.0 Å². The molecule has 0 aliphatic heterocycles. The topological polar surface area (TPSA) is 63.7 Å². The second kappa shape index (κ2) is 7.40. The molecule has 0 bridgehead atoms. The summed E-state index contributed by atoms with van der Waals surface area (Å²) in [6.45, 7) is 3.68. The highest BCUT2D eigenvalue weighted by Gasteiger charge is 2.21. The normalized spacial score (nSPS) is 11.6. The van der Waals surface area contributed by atoms with Crippen LogP contribution in [0.25, 0.3) is 0 Å². The summed E-state index contributed by atoms with van der Waals surface area (Å²) in [5.41, 5.74) is 1.81. The molecule has 0 saturated heterocycles. The number of hydrogen-bond acceptors (Lipinski definition) is 4. The van der Waals surface area contributed by atoms with Gasteiger partial charge in [-0.1, -0.05) is 31.2 Å². The van der Waals surface area contributed by atoms with Crippen molar-refractivity contribution in [3.63, 3.8) is 0 Å². The maximum Gasteiger partial charge on any atom is 0.321 e. The third-order valence-corrected chi connectivity index (χ3v) is 4.66. The maximum absolute atomic E-state index is 12.2. The third-order valence-electron chi connectivity index (χ3n) is 2.88. The van der Waals surface area contributed by atoms with E-state index in [2.05, 4.69) is 0 Å². The van der Waals surface area contributed by atoms with Gasteiger partial charge in [-0.3, -0.25) is 4.79 Å². The minimum absolute atomic E-state index is 0.114. The molecule has 0 atom stereocenters. The van der Waals surface area contributed by atoms with Gasteiger partial charge in [0.25, 0.3) is 0 Å². The summed E-state index contributed by atoms with van der Waals surface area (Å²) in [4.78, 5) is 11.3. The van der Waals surface area contributed by atoms with Gasteiger partial charge in [-0.25, -0.2) is 8.42 Å². The lowest BCUT2D eigenvalue weighted by molar-refractivity contribution is -0.143. The van der Waals surface area contributed by atoms with Gasteiger partial charge in [-0.15, -0.1) is 0 Å². The summed E-state index contributed by atoms with van der Waals surface area (Å²) >= 11 is 0. The van der Waals surface area contributed by atoms with Crippen LogP contribution in [-0.2, 0) is 31.7 Å². The van der Waals surface area contributed by atoms with E-state index in [9.17, 15) is 13.2 Å². The van der Waals surface area contributed by atoms with Gasteiger partial charge in [0.15, 0.2) is 0 Å². The van der Waals surface area contributed by atoms with Gasteiger partial charge in [-0.05, 0) is 24.5 Å². The first-order valence-electron chi connectivity index (χ1n) is 6.56. The second-order valence-corrected chi connectivity index (χ2v) is 6.57. The van der Waals surface area contributed by atoms with Crippen molar-refractivity contribution in [3.8, 4) is 0 Å². The molecule has 0 aliphatic rings. The quantitative estimate of drug-likeness (QED) is 0.717. The second-order valence-electron chi connectivity index (χ2n) is 4.49. The molecule has 0 heterocycles. The van der Waals surface area contributed by atoms with E-state index in [4.69, 9.17) is 4.74 Å². The lowest BCUT2D eigenvalue weighted by Crippen LogP contribution is -2.34. The van der Waals surface area contributed by atoms with Gasteiger partial charge in [0.05, 0.1) is 12.4 Å². The maximum atomic E-state index is 12.2. The van der Waals surface area contributed by atoms with Crippen LogP contribution in [0.5, 0.6) is 0 Å². The van der Waals surface area contributed by atoms with E-state index in [1.807, 2.05) is 25.1 Å². The molecule has 0 amide bonds. The predicted octanol–water partition coefficient (Wildman–Crippen LogP) is 1.57. The van der Waals surface area contributed by atoms with Crippen LogP contribution in [0, 0.1) is 0 Å². The Morgan fingerprint density at radius 2 is 1.90 bits per heavy atom. The molecule has 5 nitrogen and oxygen atoms in total. The fraction of sp³-hybridized carbons (Fsp3) is 0.500. The Morgan fingerprint density at radius 1 is 1.25 bits per heavy atom. The molecule has 20 heavy (non-hydrogen) atoms. The smallest absolute Gasteiger partial charge is 0.321 e. The van der Waals surface area contributed by atoms with Gasteiger partial charge in [0, 0.05) is 7.05 Å². The number of carbonyl (C=O) groups excluding carboxylic acids is 1. The lowest BCUT2D eigenvalue weighted by atomic mass is 10.1. The number of rotatable bonds is 7. The molecular weight excluding hydrogens is 278 g/mol. The van der Waals surface area contributed by atoms with Crippen LogP contribution in [0.1, 0.15) is 25.0 Å². The fourth-order valence-electron chi connectivity index (χ4n) is 1.75. The zero-order chi connectivity index (χ0) is 15.2. The summed E-state index contributed by atoms with van der Waals surface area (Å²) in [6, 6.07) is 7.44. The minimum Gasteiger partial charge on any atom is -0.465 e. The van der Waals surface area contributed by atoms with Gasteiger partial charge in [0.2, 0.25) is 10.0 Å². The number of nitrogens with zero attached hydrogens (tertiary/aromatic N) is 1. The SMILES string of the molecule is CCOC(=O)CN(C)S(=O)(=O)Cc1cccc(CC)c1. The van der Waals surface area contributed by atoms with E-state index >= 15 is 0 Å². The molecule has 0 aromatic heterocycles. The first-order valence-corrected chi connectivity index (χ1v) is 8.17. The van der Waals surface area contributed by atoms with Crippen molar-refractivity contribution in [2.45, 2.75) is 26.0 Å². The van der Waals surface area contributed by atoms with Gasteiger partial charge >= 0.3 is 5.97 Å². The van der Waals surface area contributed by atoms with Gasteiger partial charge < -0.3 is 4.74 Å². The summed E-state index contributed by atoms with van der Waals surface area (Å²) in [5, 5.41) is 0. The van der Waals surface area contributed by atoms with E-state index in [0.717, 1.165) is 21.9 Å². The Balaban J connectivity index is 2.75. The van der Waals surface area contributed by atoms with Crippen LogP contribution in [-0.4, -0.2) is 38.9 Å². The number of aryl methyl sites for hydroxylation is 1. The van der Waals surface area contributed by atoms with E-state index in [-0.39, 0.29) is 18.9 Å². The van der Waals surface area contributed by atoms with Crippen molar-refractivity contribution in [1.29, 1.82) is 0 Å². The molecule has 0 spiro atoms. The number of sulfonamides is 1. The van der Waals surface area contributed by atoms with Gasteiger partial charge in [-0.2, -0.15) is 4.31 Å². The highest BCUT2D eigenvalue weighted by Crippen LogP contribution is 2.12. The monoisotopic (exact) mass is 299 g/mol. The highest BCUT2D eigenvalue weighted by molar-refractivity contribution is 7.88. The molecular formula is C14H21NO4S. The Labute approximate surface area is 120 Å². The molecule has 0 radical (unpaired) electrons. The van der Waals surface area contributed by atoms with Crippen LogP contribution in [0.15, 0.2) is 24.3 Å². The zero-order valence-electron chi connectivity index (χ0n) is 12.1. The summed E-state index contributed by atoms with van der Waals surface area (Å²) in [5.74, 6) is -0.655.